The third-order valence-corrected chi connectivity index (χ3v) is 6.25. The maximum absolute atomic E-state index is 13.0. The van der Waals surface area contributed by atoms with Gasteiger partial charge in [0.2, 0.25) is 5.91 Å². The number of pyridine rings is 1. The summed E-state index contributed by atoms with van der Waals surface area (Å²) in [5.74, 6) is 1.15. The van der Waals surface area contributed by atoms with Crippen LogP contribution >= 0.6 is 11.3 Å². The van der Waals surface area contributed by atoms with Crippen molar-refractivity contribution in [2.75, 3.05) is 19.7 Å². The van der Waals surface area contributed by atoms with Gasteiger partial charge in [-0.25, -0.2) is 14.6 Å². The molecule has 1 atom stereocenters. The molecule has 4 rings (SSSR count). The summed E-state index contributed by atoms with van der Waals surface area (Å²) in [6.07, 6.45) is 1.31. The topological polar surface area (TPSA) is 102 Å². The fraction of sp³-hybridized carbons (Fsp3) is 0.476. The molecule has 1 fully saturated rings. The summed E-state index contributed by atoms with van der Waals surface area (Å²) in [6.45, 7) is 8.88. The number of thiophene rings is 1. The van der Waals surface area contributed by atoms with Crippen LogP contribution in [-0.4, -0.2) is 62.2 Å². The molecule has 0 radical (unpaired) electrons. The van der Waals surface area contributed by atoms with E-state index in [0.29, 0.717) is 36.2 Å². The predicted octanol–water partition coefficient (Wildman–Crippen LogP) is 2.24. The minimum Gasteiger partial charge on any atom is -0.370 e. The second kappa shape index (κ2) is 8.72. The number of aromatic nitrogens is 4. The molecule has 1 aliphatic rings. The van der Waals surface area contributed by atoms with E-state index in [0.717, 1.165) is 15.8 Å². The molecule has 0 aromatic carbocycles. The number of fused-ring (bicyclic) bond motifs is 1. The van der Waals surface area contributed by atoms with Crippen LogP contribution in [-0.2, 0) is 16.1 Å². The van der Waals surface area contributed by atoms with E-state index in [1.54, 1.807) is 22.7 Å². The molecule has 0 saturated carbocycles. The van der Waals surface area contributed by atoms with Crippen LogP contribution in [0.15, 0.2) is 18.3 Å². The lowest BCUT2D eigenvalue weighted by molar-refractivity contribution is -0.139. The lowest BCUT2D eigenvalue weighted by Gasteiger charge is -2.33. The summed E-state index contributed by atoms with van der Waals surface area (Å²) in [5.41, 5.74) is 0.802. The van der Waals surface area contributed by atoms with Crippen LogP contribution in [0, 0.1) is 13.8 Å². The van der Waals surface area contributed by atoms with Crippen molar-refractivity contribution in [1.82, 2.24) is 30.0 Å². The van der Waals surface area contributed by atoms with Gasteiger partial charge in [0, 0.05) is 29.7 Å². The minimum atomic E-state index is -0.401. The first kappa shape index (κ1) is 21.4. The molecule has 3 aromatic rings. The van der Waals surface area contributed by atoms with Gasteiger partial charge < -0.3 is 15.0 Å². The minimum absolute atomic E-state index is 0.0123. The molecule has 1 saturated heterocycles. The molecule has 0 spiro atoms. The average molecular weight is 443 g/mol. The van der Waals surface area contributed by atoms with Crippen molar-refractivity contribution in [3.05, 3.63) is 40.4 Å². The molecule has 9 nitrogen and oxygen atoms in total. The number of ether oxygens (including phenoxy) is 1. The number of nitrogens with one attached hydrogen (secondary N) is 1. The van der Waals surface area contributed by atoms with Crippen molar-refractivity contribution in [2.24, 2.45) is 0 Å². The van der Waals surface area contributed by atoms with E-state index in [2.05, 4.69) is 20.4 Å². The number of morpholine rings is 1. The highest BCUT2D eigenvalue weighted by Gasteiger charge is 2.32. The van der Waals surface area contributed by atoms with Crippen molar-refractivity contribution >= 4 is 33.4 Å². The van der Waals surface area contributed by atoms with E-state index in [1.807, 2.05) is 32.9 Å². The average Bonchev–Trinajstić information content (AvgIpc) is 3.27. The number of carbonyl (C=O) groups excluding carboxylic acids is 2. The third kappa shape index (κ3) is 4.45. The Balaban J connectivity index is 1.61. The predicted molar refractivity (Wildman–Crippen MR) is 117 cm³/mol. The summed E-state index contributed by atoms with van der Waals surface area (Å²) >= 11 is 1.36. The molecule has 164 valence electrons. The van der Waals surface area contributed by atoms with Gasteiger partial charge in [0.1, 0.15) is 34.0 Å². The first-order valence-corrected chi connectivity index (χ1v) is 11.1. The SMILES string of the molecule is Cc1nc(C)n(CC(=O)N2CCO[C@@H](c3c(C(=O)NC(C)C)sc4ncccc34)C2)n1. The van der Waals surface area contributed by atoms with E-state index in [9.17, 15) is 9.59 Å². The number of nitrogens with zero attached hydrogens (tertiary/aromatic N) is 5. The number of hydrogen-bond donors (Lipinski definition) is 1. The molecule has 1 N–H and O–H groups in total. The smallest absolute Gasteiger partial charge is 0.262 e. The highest BCUT2D eigenvalue weighted by atomic mass is 32.1. The fourth-order valence-corrected chi connectivity index (χ4v) is 4.85. The zero-order valence-electron chi connectivity index (χ0n) is 18.1. The maximum atomic E-state index is 13.0. The second-order valence-corrected chi connectivity index (χ2v) is 8.89. The van der Waals surface area contributed by atoms with Crippen LogP contribution in [0.2, 0.25) is 0 Å². The van der Waals surface area contributed by atoms with Crippen molar-refractivity contribution in [1.29, 1.82) is 0 Å². The molecule has 0 aliphatic carbocycles. The Labute approximate surface area is 184 Å². The Morgan fingerprint density at radius 3 is 2.87 bits per heavy atom. The molecule has 0 bridgehead atoms. The number of carbonyl (C=O) groups is 2. The van der Waals surface area contributed by atoms with Gasteiger partial charge in [0.05, 0.1) is 13.2 Å². The first-order chi connectivity index (χ1) is 14.8. The molecule has 10 heteroatoms. The summed E-state index contributed by atoms with van der Waals surface area (Å²) in [4.78, 5) is 37.7. The van der Waals surface area contributed by atoms with Crippen LogP contribution in [0.1, 0.15) is 46.8 Å². The molecule has 31 heavy (non-hydrogen) atoms. The second-order valence-electron chi connectivity index (χ2n) is 7.89. The normalized spacial score (nSPS) is 16.8. The zero-order chi connectivity index (χ0) is 22.1. The van der Waals surface area contributed by atoms with Gasteiger partial charge in [-0.1, -0.05) is 6.07 Å². The van der Waals surface area contributed by atoms with Gasteiger partial charge in [-0.2, -0.15) is 5.10 Å². The highest BCUT2D eigenvalue weighted by molar-refractivity contribution is 7.20. The Hall–Kier alpha value is -2.85. The first-order valence-electron chi connectivity index (χ1n) is 10.3. The van der Waals surface area contributed by atoms with Crippen LogP contribution in [0.4, 0.5) is 0 Å². The van der Waals surface area contributed by atoms with E-state index < -0.39 is 6.10 Å². The number of hydrogen-bond acceptors (Lipinski definition) is 7. The number of aryl methyl sites for hydroxylation is 2. The van der Waals surface area contributed by atoms with Crippen molar-refractivity contribution in [3.63, 3.8) is 0 Å². The van der Waals surface area contributed by atoms with Crippen molar-refractivity contribution < 1.29 is 14.3 Å². The summed E-state index contributed by atoms with van der Waals surface area (Å²) in [7, 11) is 0. The Bertz CT molecular complexity index is 1120. The van der Waals surface area contributed by atoms with Gasteiger partial charge in [-0.15, -0.1) is 11.3 Å². The van der Waals surface area contributed by atoms with Gasteiger partial charge in [0.25, 0.3) is 5.91 Å². The van der Waals surface area contributed by atoms with Gasteiger partial charge in [0.15, 0.2) is 0 Å². The lowest BCUT2D eigenvalue weighted by atomic mass is 10.0. The van der Waals surface area contributed by atoms with Gasteiger partial charge in [-0.05, 0) is 33.8 Å². The van der Waals surface area contributed by atoms with Crippen LogP contribution in [0.3, 0.4) is 0 Å². The molecule has 4 heterocycles. The van der Waals surface area contributed by atoms with Crippen LogP contribution in [0.5, 0.6) is 0 Å². The fourth-order valence-electron chi connectivity index (χ4n) is 3.76. The monoisotopic (exact) mass is 442 g/mol. The summed E-state index contributed by atoms with van der Waals surface area (Å²) in [5, 5.41) is 8.14. The number of amides is 2. The standard InChI is InChI=1S/C21H26N6O3S/c1-12(2)23-20(29)19-18(15-6-5-7-22-21(15)31-19)16-10-26(8-9-30-16)17(28)11-27-14(4)24-13(3)25-27/h5-7,12,16H,8-11H2,1-4H3,(H,23,29)/t16-/m1/s1. The van der Waals surface area contributed by atoms with Gasteiger partial charge in [-0.3, -0.25) is 9.59 Å². The quantitative estimate of drug-likeness (QED) is 0.650. The van der Waals surface area contributed by atoms with Crippen molar-refractivity contribution in [2.45, 2.75) is 46.4 Å². The van der Waals surface area contributed by atoms with E-state index in [4.69, 9.17) is 4.74 Å². The largest absolute Gasteiger partial charge is 0.370 e. The molecule has 3 aromatic heterocycles. The molecule has 0 unspecified atom stereocenters. The Morgan fingerprint density at radius 1 is 1.35 bits per heavy atom. The van der Waals surface area contributed by atoms with Crippen LogP contribution < -0.4 is 5.32 Å². The Kier molecular flexibility index (Phi) is 6.01. The molecular formula is C21H26N6O3S. The van der Waals surface area contributed by atoms with Gasteiger partial charge >= 0.3 is 0 Å². The van der Waals surface area contributed by atoms with E-state index in [1.165, 1.54) is 11.3 Å². The summed E-state index contributed by atoms with van der Waals surface area (Å²) in [6, 6.07) is 3.81. The maximum Gasteiger partial charge on any atom is 0.262 e. The Morgan fingerprint density at radius 2 is 2.16 bits per heavy atom. The van der Waals surface area contributed by atoms with Crippen molar-refractivity contribution in [3.8, 4) is 0 Å². The van der Waals surface area contributed by atoms with E-state index >= 15 is 0 Å². The molecular weight excluding hydrogens is 416 g/mol. The third-order valence-electron chi connectivity index (χ3n) is 5.12. The summed E-state index contributed by atoms with van der Waals surface area (Å²) < 4.78 is 7.67. The highest BCUT2D eigenvalue weighted by Crippen LogP contribution is 2.37. The lowest BCUT2D eigenvalue weighted by Crippen LogP contribution is -2.44. The molecule has 2 amide bonds. The van der Waals surface area contributed by atoms with Crippen LogP contribution in [0.25, 0.3) is 10.2 Å². The zero-order valence-corrected chi connectivity index (χ0v) is 18.9. The van der Waals surface area contributed by atoms with E-state index in [-0.39, 0.29) is 24.4 Å². The molecule has 1 aliphatic heterocycles. The number of rotatable bonds is 5.